The van der Waals surface area contributed by atoms with E-state index in [0.717, 1.165) is 30.4 Å². The molecular weight excluding hydrogens is 446 g/mol. The molecule has 0 saturated carbocycles. The molecule has 0 unspecified atom stereocenters. The van der Waals surface area contributed by atoms with Gasteiger partial charge in [-0.15, -0.1) is 0 Å². The Labute approximate surface area is 203 Å². The lowest BCUT2D eigenvalue weighted by Crippen LogP contribution is -2.42. The van der Waals surface area contributed by atoms with Gasteiger partial charge >= 0.3 is 5.97 Å². The molecule has 0 saturated heterocycles. The highest BCUT2D eigenvalue weighted by atomic mass is 16.4. The number of carbonyl (C=O) groups is 3. The molecule has 1 aromatic heterocycles. The summed E-state index contributed by atoms with van der Waals surface area (Å²) in [6.07, 6.45) is 3.87. The molecule has 9 nitrogen and oxygen atoms in total. The second-order valence-corrected chi connectivity index (χ2v) is 8.65. The number of carboxylic acids is 1. The number of amidine groups is 1. The standard InChI is InChI=1S/C26H31N5O4/c27-22(28)9-3-1-2-6-18(32)14-16-10-12-17(13-11-16)15-21(26(34)35)31-25(33)24-23(29)19-7-4-5-8-20(19)30-24/h4-5,7-8,10-13,21,30H,1-3,6,9,14-15,29H2,(H3,27,28)(H,31,33)(H,34,35)/t21-/m0/s1. The van der Waals surface area contributed by atoms with E-state index in [0.29, 0.717) is 30.2 Å². The lowest BCUT2D eigenvalue weighted by Gasteiger charge is -2.15. The SMILES string of the molecule is N=C(N)CCCCCC(=O)Cc1ccc(C[C@H](NC(=O)c2[nH]c3ccccc3c2N)C(=O)O)cc1. The summed E-state index contributed by atoms with van der Waals surface area (Å²) < 4.78 is 0. The van der Waals surface area contributed by atoms with Crippen LogP contribution in [0.25, 0.3) is 10.9 Å². The molecule has 0 bridgehead atoms. The number of benzene rings is 2. The Balaban J connectivity index is 1.55. The van der Waals surface area contributed by atoms with Crippen molar-refractivity contribution < 1.29 is 19.5 Å². The van der Waals surface area contributed by atoms with Gasteiger partial charge in [0.1, 0.15) is 17.5 Å². The number of Topliss-reactive ketones (excluding diaryl/α,β-unsaturated/α-hetero) is 1. The van der Waals surface area contributed by atoms with Gasteiger partial charge in [-0.2, -0.15) is 0 Å². The largest absolute Gasteiger partial charge is 0.480 e. The number of unbranched alkanes of at least 4 members (excludes halogenated alkanes) is 2. The highest BCUT2D eigenvalue weighted by Gasteiger charge is 2.24. The van der Waals surface area contributed by atoms with Gasteiger partial charge < -0.3 is 26.9 Å². The molecule has 0 spiro atoms. The Morgan fingerprint density at radius 3 is 2.29 bits per heavy atom. The number of nitrogens with one attached hydrogen (secondary N) is 3. The number of fused-ring (bicyclic) bond motifs is 1. The van der Waals surface area contributed by atoms with Crippen molar-refractivity contribution >= 4 is 40.1 Å². The Morgan fingerprint density at radius 1 is 0.971 bits per heavy atom. The molecule has 3 rings (SSSR count). The van der Waals surface area contributed by atoms with Gasteiger partial charge in [-0.3, -0.25) is 15.0 Å². The van der Waals surface area contributed by atoms with Gasteiger partial charge in [0.05, 0.1) is 11.5 Å². The Bertz CT molecular complexity index is 1220. The maximum absolute atomic E-state index is 12.7. The van der Waals surface area contributed by atoms with Gasteiger partial charge in [0.15, 0.2) is 0 Å². The van der Waals surface area contributed by atoms with Crippen LogP contribution in [0.2, 0.25) is 0 Å². The number of ketones is 1. The van der Waals surface area contributed by atoms with Crippen LogP contribution in [0.15, 0.2) is 48.5 Å². The minimum atomic E-state index is -1.16. The first-order valence-electron chi connectivity index (χ1n) is 11.6. The van der Waals surface area contributed by atoms with Crippen molar-refractivity contribution in [3.63, 3.8) is 0 Å². The summed E-state index contributed by atoms with van der Waals surface area (Å²) in [7, 11) is 0. The number of nitrogen functional groups attached to an aromatic ring is 1. The van der Waals surface area contributed by atoms with Gasteiger partial charge in [-0.05, 0) is 30.0 Å². The highest BCUT2D eigenvalue weighted by Crippen LogP contribution is 2.24. The van der Waals surface area contributed by atoms with E-state index in [2.05, 4.69) is 10.3 Å². The van der Waals surface area contributed by atoms with Crippen molar-refractivity contribution in [2.45, 2.75) is 51.0 Å². The molecule has 3 aromatic rings. The number of H-pyrrole nitrogens is 1. The van der Waals surface area contributed by atoms with Crippen LogP contribution in [0.5, 0.6) is 0 Å². The molecular formula is C26H31N5O4. The van der Waals surface area contributed by atoms with E-state index in [1.54, 1.807) is 36.4 Å². The molecule has 9 heteroatoms. The summed E-state index contributed by atoms with van der Waals surface area (Å²) in [4.78, 5) is 39.7. The number of anilines is 1. The van der Waals surface area contributed by atoms with Crippen LogP contribution in [0.3, 0.4) is 0 Å². The lowest BCUT2D eigenvalue weighted by atomic mass is 10.00. The van der Waals surface area contributed by atoms with E-state index >= 15 is 0 Å². The molecule has 8 N–H and O–H groups in total. The second kappa shape index (κ2) is 11.8. The van der Waals surface area contributed by atoms with E-state index in [1.165, 1.54) is 0 Å². The van der Waals surface area contributed by atoms with Crippen molar-refractivity contribution in [1.82, 2.24) is 10.3 Å². The van der Waals surface area contributed by atoms with Crippen LogP contribution in [0.1, 0.15) is 53.7 Å². The highest BCUT2D eigenvalue weighted by molar-refractivity contribution is 6.08. The smallest absolute Gasteiger partial charge is 0.326 e. The van der Waals surface area contributed by atoms with Crippen molar-refractivity contribution in [3.8, 4) is 0 Å². The summed E-state index contributed by atoms with van der Waals surface area (Å²) in [6, 6.07) is 13.2. The summed E-state index contributed by atoms with van der Waals surface area (Å²) >= 11 is 0. The molecule has 0 aliphatic heterocycles. The zero-order chi connectivity index (χ0) is 25.4. The molecule has 0 aliphatic carbocycles. The minimum Gasteiger partial charge on any atom is -0.480 e. The van der Waals surface area contributed by atoms with Crippen molar-refractivity contribution in [2.24, 2.45) is 5.73 Å². The third-order valence-corrected chi connectivity index (χ3v) is 5.84. The Kier molecular flexibility index (Phi) is 8.61. The number of aromatic amines is 1. The predicted octanol–water partition coefficient (Wildman–Crippen LogP) is 3.17. The fraction of sp³-hybridized carbons (Fsp3) is 0.308. The number of hydrogen-bond acceptors (Lipinski definition) is 5. The number of nitrogens with two attached hydrogens (primary N) is 2. The summed E-state index contributed by atoms with van der Waals surface area (Å²) in [6.45, 7) is 0. The van der Waals surface area contributed by atoms with Crippen molar-refractivity contribution in [3.05, 3.63) is 65.4 Å². The topological polar surface area (TPSA) is 175 Å². The number of aromatic nitrogens is 1. The maximum atomic E-state index is 12.7. The Morgan fingerprint density at radius 2 is 1.63 bits per heavy atom. The fourth-order valence-electron chi connectivity index (χ4n) is 3.93. The van der Waals surface area contributed by atoms with Crippen LogP contribution >= 0.6 is 0 Å². The van der Waals surface area contributed by atoms with Crippen LogP contribution in [-0.2, 0) is 22.4 Å². The van der Waals surface area contributed by atoms with E-state index in [4.69, 9.17) is 16.9 Å². The van der Waals surface area contributed by atoms with Gasteiger partial charge in [0.2, 0.25) is 0 Å². The first-order chi connectivity index (χ1) is 16.7. The number of amides is 1. The predicted molar refractivity (Wildman–Crippen MR) is 135 cm³/mol. The number of rotatable bonds is 13. The van der Waals surface area contributed by atoms with E-state index in [-0.39, 0.29) is 29.4 Å². The monoisotopic (exact) mass is 477 g/mol. The lowest BCUT2D eigenvalue weighted by molar-refractivity contribution is -0.139. The van der Waals surface area contributed by atoms with Gasteiger partial charge in [0.25, 0.3) is 5.91 Å². The zero-order valence-corrected chi connectivity index (χ0v) is 19.5. The zero-order valence-electron chi connectivity index (χ0n) is 19.5. The quantitative estimate of drug-likeness (QED) is 0.125. The molecule has 1 amide bonds. The van der Waals surface area contributed by atoms with E-state index in [1.807, 2.05) is 12.1 Å². The van der Waals surface area contributed by atoms with Gasteiger partial charge in [0, 0.05) is 36.6 Å². The number of para-hydroxylation sites is 1. The first kappa shape index (κ1) is 25.5. The number of carbonyl (C=O) groups excluding carboxylic acids is 2. The molecule has 1 heterocycles. The third kappa shape index (κ3) is 7.17. The molecule has 0 fully saturated rings. The first-order valence-corrected chi connectivity index (χ1v) is 11.6. The van der Waals surface area contributed by atoms with Crippen LogP contribution in [0, 0.1) is 5.41 Å². The average molecular weight is 478 g/mol. The van der Waals surface area contributed by atoms with Gasteiger partial charge in [-0.1, -0.05) is 48.9 Å². The second-order valence-electron chi connectivity index (χ2n) is 8.65. The normalized spacial score (nSPS) is 11.8. The molecule has 2 aromatic carbocycles. The van der Waals surface area contributed by atoms with Crippen molar-refractivity contribution in [1.29, 1.82) is 5.41 Å². The van der Waals surface area contributed by atoms with E-state index < -0.39 is 17.9 Å². The fourth-order valence-corrected chi connectivity index (χ4v) is 3.93. The van der Waals surface area contributed by atoms with Crippen LogP contribution in [-0.4, -0.2) is 39.6 Å². The molecule has 184 valence electrons. The average Bonchev–Trinajstić information content (AvgIpc) is 3.16. The summed E-state index contributed by atoms with van der Waals surface area (Å²) in [5.74, 6) is -1.44. The minimum absolute atomic E-state index is 0.0889. The third-order valence-electron chi connectivity index (χ3n) is 5.84. The number of hydrogen-bond donors (Lipinski definition) is 6. The Hall–Kier alpha value is -4.14. The summed E-state index contributed by atoms with van der Waals surface area (Å²) in [5.41, 5.74) is 14.1. The maximum Gasteiger partial charge on any atom is 0.326 e. The summed E-state index contributed by atoms with van der Waals surface area (Å²) in [5, 5.41) is 20.1. The van der Waals surface area contributed by atoms with E-state index in [9.17, 15) is 19.5 Å². The van der Waals surface area contributed by atoms with Crippen molar-refractivity contribution in [2.75, 3.05) is 5.73 Å². The van der Waals surface area contributed by atoms with Gasteiger partial charge in [-0.25, -0.2) is 4.79 Å². The van der Waals surface area contributed by atoms with Crippen LogP contribution in [0.4, 0.5) is 5.69 Å². The molecule has 0 radical (unpaired) electrons. The number of aliphatic carboxylic acids is 1. The van der Waals surface area contributed by atoms with Crippen LogP contribution < -0.4 is 16.8 Å². The molecule has 35 heavy (non-hydrogen) atoms. The number of carboxylic acid groups (broad SMARTS) is 1. The molecule has 1 atom stereocenters. The molecule has 0 aliphatic rings.